The molecule has 0 aromatic carbocycles. The van der Waals surface area contributed by atoms with Crippen LogP contribution in [0.2, 0.25) is 0 Å². The molecule has 0 N–H and O–H groups in total. The van der Waals surface area contributed by atoms with Gasteiger partial charge in [0.1, 0.15) is 5.69 Å². The van der Waals surface area contributed by atoms with Crippen molar-refractivity contribution < 1.29 is 9.53 Å². The maximum atomic E-state index is 11.5. The first-order chi connectivity index (χ1) is 8.81. The highest BCUT2D eigenvalue weighted by atomic mass is 16.5. The summed E-state index contributed by atoms with van der Waals surface area (Å²) in [6.45, 7) is 0.805. The lowest BCUT2D eigenvalue weighted by Crippen LogP contribution is -2.10. The minimum atomic E-state index is -0.288. The molecule has 0 unspecified atom stereocenters. The quantitative estimate of drug-likeness (QED) is 0.758. The van der Waals surface area contributed by atoms with Crippen molar-refractivity contribution in [3.05, 3.63) is 54.1 Å². The second-order valence-electron chi connectivity index (χ2n) is 4.04. The molecule has 0 aliphatic heterocycles. The van der Waals surface area contributed by atoms with Crippen LogP contribution < -0.4 is 0 Å². The second-order valence-corrected chi connectivity index (χ2v) is 4.04. The van der Waals surface area contributed by atoms with Crippen molar-refractivity contribution in [3.8, 4) is 0 Å². The molecule has 0 bridgehead atoms. The van der Waals surface area contributed by atoms with Crippen molar-refractivity contribution >= 4 is 5.97 Å². The van der Waals surface area contributed by atoms with Crippen molar-refractivity contribution in [2.75, 3.05) is 7.11 Å². The molecule has 2 heterocycles. The van der Waals surface area contributed by atoms with Crippen LogP contribution in [0.25, 0.3) is 0 Å². The Kier molecular flexibility index (Phi) is 4.12. The maximum absolute atomic E-state index is 11.5. The van der Waals surface area contributed by atoms with E-state index in [1.807, 2.05) is 29.0 Å². The van der Waals surface area contributed by atoms with Crippen LogP contribution in [0.15, 0.2) is 42.9 Å². The van der Waals surface area contributed by atoms with Crippen LogP contribution in [0.1, 0.15) is 22.5 Å². The molecule has 0 saturated heterocycles. The monoisotopic (exact) mass is 244 g/mol. The Morgan fingerprint density at radius 3 is 2.83 bits per heavy atom. The van der Waals surface area contributed by atoms with Gasteiger partial charge >= 0.3 is 5.97 Å². The molecular formula is C14H16N2O2. The SMILES string of the molecule is COC(=O)c1cccn1CCCc1ccncc1. The predicted molar refractivity (Wildman–Crippen MR) is 68.3 cm³/mol. The molecule has 0 aliphatic carbocycles. The summed E-state index contributed by atoms with van der Waals surface area (Å²) in [5, 5.41) is 0. The molecule has 0 spiro atoms. The summed E-state index contributed by atoms with van der Waals surface area (Å²) in [5.74, 6) is -0.288. The summed E-state index contributed by atoms with van der Waals surface area (Å²) in [6.07, 6.45) is 7.44. The Bertz CT molecular complexity index is 506. The molecule has 2 aromatic rings. The van der Waals surface area contributed by atoms with Crippen molar-refractivity contribution in [1.82, 2.24) is 9.55 Å². The van der Waals surface area contributed by atoms with Crippen molar-refractivity contribution in [2.45, 2.75) is 19.4 Å². The number of aromatic nitrogens is 2. The summed E-state index contributed by atoms with van der Waals surface area (Å²) in [6, 6.07) is 7.66. The molecule has 94 valence electrons. The number of esters is 1. The summed E-state index contributed by atoms with van der Waals surface area (Å²) in [4.78, 5) is 15.5. The highest BCUT2D eigenvalue weighted by Crippen LogP contribution is 2.08. The highest BCUT2D eigenvalue weighted by molar-refractivity contribution is 5.87. The van der Waals surface area contributed by atoms with Crippen LogP contribution in [0.3, 0.4) is 0 Å². The van der Waals surface area contributed by atoms with Gasteiger partial charge in [-0.25, -0.2) is 4.79 Å². The largest absolute Gasteiger partial charge is 0.464 e. The molecule has 4 nitrogen and oxygen atoms in total. The normalized spacial score (nSPS) is 10.3. The number of methoxy groups -OCH3 is 1. The minimum absolute atomic E-state index is 0.288. The first-order valence-corrected chi connectivity index (χ1v) is 5.93. The minimum Gasteiger partial charge on any atom is -0.464 e. The molecule has 4 heteroatoms. The molecular weight excluding hydrogens is 228 g/mol. The fourth-order valence-corrected chi connectivity index (χ4v) is 1.90. The van der Waals surface area contributed by atoms with Gasteiger partial charge in [0.15, 0.2) is 0 Å². The summed E-state index contributed by atoms with van der Waals surface area (Å²) >= 11 is 0. The van der Waals surface area contributed by atoms with Crippen LogP contribution in [0, 0.1) is 0 Å². The van der Waals surface area contributed by atoms with Gasteiger partial charge in [0, 0.05) is 25.1 Å². The van der Waals surface area contributed by atoms with E-state index in [1.165, 1.54) is 12.7 Å². The molecule has 0 atom stereocenters. The first-order valence-electron chi connectivity index (χ1n) is 5.93. The average molecular weight is 244 g/mol. The van der Waals surface area contributed by atoms with Gasteiger partial charge in [0.05, 0.1) is 7.11 Å². The Morgan fingerprint density at radius 1 is 1.33 bits per heavy atom. The average Bonchev–Trinajstić information content (AvgIpc) is 2.87. The van der Waals surface area contributed by atoms with Crippen LogP contribution in [-0.2, 0) is 17.7 Å². The number of ether oxygens (including phenoxy) is 1. The standard InChI is InChI=1S/C14H16N2O2/c1-18-14(17)13-5-3-11-16(13)10-2-4-12-6-8-15-9-7-12/h3,5-9,11H,2,4,10H2,1H3. The van der Waals surface area contributed by atoms with Gasteiger partial charge < -0.3 is 9.30 Å². The van der Waals surface area contributed by atoms with Crippen LogP contribution in [0.4, 0.5) is 0 Å². The van der Waals surface area contributed by atoms with E-state index in [9.17, 15) is 4.79 Å². The fourth-order valence-electron chi connectivity index (χ4n) is 1.90. The molecule has 0 saturated carbocycles. The van der Waals surface area contributed by atoms with Crippen LogP contribution in [-0.4, -0.2) is 22.6 Å². The molecule has 18 heavy (non-hydrogen) atoms. The number of hydrogen-bond acceptors (Lipinski definition) is 3. The topological polar surface area (TPSA) is 44.1 Å². The summed E-state index contributed by atoms with van der Waals surface area (Å²) in [5.41, 5.74) is 1.86. The Morgan fingerprint density at radius 2 is 2.11 bits per heavy atom. The van der Waals surface area contributed by atoms with Gasteiger partial charge in [-0.05, 0) is 42.7 Å². The third kappa shape index (κ3) is 2.97. The van der Waals surface area contributed by atoms with Gasteiger partial charge in [0.2, 0.25) is 0 Å². The number of carbonyl (C=O) groups is 1. The lowest BCUT2D eigenvalue weighted by molar-refractivity contribution is 0.0588. The Hall–Kier alpha value is -2.10. The summed E-state index contributed by atoms with van der Waals surface area (Å²) in [7, 11) is 1.40. The molecule has 0 radical (unpaired) electrons. The summed E-state index contributed by atoms with van der Waals surface area (Å²) < 4.78 is 6.66. The zero-order valence-electron chi connectivity index (χ0n) is 10.4. The van der Waals surface area contributed by atoms with Gasteiger partial charge in [0.25, 0.3) is 0 Å². The van der Waals surface area contributed by atoms with E-state index in [0.717, 1.165) is 19.4 Å². The van der Waals surface area contributed by atoms with E-state index >= 15 is 0 Å². The van der Waals surface area contributed by atoms with E-state index in [4.69, 9.17) is 4.74 Å². The van der Waals surface area contributed by atoms with Crippen molar-refractivity contribution in [2.24, 2.45) is 0 Å². The fraction of sp³-hybridized carbons (Fsp3) is 0.286. The van der Waals surface area contributed by atoms with E-state index in [-0.39, 0.29) is 5.97 Å². The van der Waals surface area contributed by atoms with Crippen molar-refractivity contribution in [1.29, 1.82) is 0 Å². The molecule has 0 fully saturated rings. The molecule has 2 aromatic heterocycles. The molecule has 2 rings (SSSR count). The third-order valence-electron chi connectivity index (χ3n) is 2.84. The molecule has 0 amide bonds. The first kappa shape index (κ1) is 12.4. The number of carbonyl (C=O) groups excluding carboxylic acids is 1. The lowest BCUT2D eigenvalue weighted by atomic mass is 10.1. The van der Waals surface area contributed by atoms with Crippen molar-refractivity contribution in [3.63, 3.8) is 0 Å². The predicted octanol–water partition coefficient (Wildman–Crippen LogP) is 2.30. The van der Waals surface area contributed by atoms with Gasteiger partial charge in [-0.3, -0.25) is 4.98 Å². The van der Waals surface area contributed by atoms with E-state index < -0.39 is 0 Å². The molecule has 0 aliphatic rings. The zero-order valence-corrected chi connectivity index (χ0v) is 10.4. The van der Waals surface area contributed by atoms with Crippen LogP contribution >= 0.6 is 0 Å². The number of aryl methyl sites for hydroxylation is 2. The van der Waals surface area contributed by atoms with Gasteiger partial charge in [-0.15, -0.1) is 0 Å². The number of rotatable bonds is 5. The zero-order chi connectivity index (χ0) is 12.8. The van der Waals surface area contributed by atoms with E-state index in [0.29, 0.717) is 5.69 Å². The van der Waals surface area contributed by atoms with Gasteiger partial charge in [-0.2, -0.15) is 0 Å². The number of pyridine rings is 1. The van der Waals surface area contributed by atoms with E-state index in [1.54, 1.807) is 18.5 Å². The number of nitrogens with zero attached hydrogens (tertiary/aromatic N) is 2. The lowest BCUT2D eigenvalue weighted by Gasteiger charge is -2.07. The van der Waals surface area contributed by atoms with Crippen LogP contribution in [0.5, 0.6) is 0 Å². The highest BCUT2D eigenvalue weighted by Gasteiger charge is 2.09. The third-order valence-corrected chi connectivity index (χ3v) is 2.84. The Labute approximate surface area is 106 Å². The van der Waals surface area contributed by atoms with E-state index in [2.05, 4.69) is 4.98 Å². The van der Waals surface area contributed by atoms with Gasteiger partial charge in [-0.1, -0.05) is 0 Å². The second kappa shape index (κ2) is 6.00. The number of hydrogen-bond donors (Lipinski definition) is 0. The smallest absolute Gasteiger partial charge is 0.354 e. The maximum Gasteiger partial charge on any atom is 0.354 e. The Balaban J connectivity index is 1.91.